The van der Waals surface area contributed by atoms with Gasteiger partial charge in [-0.15, -0.1) is 0 Å². The largest absolute Gasteiger partial charge is 0.391 e. The van der Waals surface area contributed by atoms with Crippen LogP contribution in [0.25, 0.3) is 0 Å². The molecule has 1 N–H and O–H groups in total. The number of piperidine rings is 1. The first-order chi connectivity index (χ1) is 9.80. The number of nitrogens with zero attached hydrogens (tertiary/aromatic N) is 2. The van der Waals surface area contributed by atoms with Gasteiger partial charge in [0.25, 0.3) is 10.2 Å². The standard InChI is InChI=1S/C14H21ClN2O3S/c1-11-7-8-17(10-14(11)18)21(19,20)16(2)9-12-3-5-13(15)6-4-12/h3-6,11,14,18H,7-10H2,1-2H3. The number of hydrogen-bond acceptors (Lipinski definition) is 3. The Morgan fingerprint density at radius 1 is 1.38 bits per heavy atom. The summed E-state index contributed by atoms with van der Waals surface area (Å²) in [7, 11) is -2.00. The lowest BCUT2D eigenvalue weighted by Crippen LogP contribution is -2.50. The fourth-order valence-electron chi connectivity index (χ4n) is 2.36. The van der Waals surface area contributed by atoms with Gasteiger partial charge in [-0.1, -0.05) is 30.7 Å². The number of halogens is 1. The van der Waals surface area contributed by atoms with Gasteiger partial charge >= 0.3 is 0 Å². The lowest BCUT2D eigenvalue weighted by Gasteiger charge is -2.35. The zero-order valence-electron chi connectivity index (χ0n) is 12.2. The highest BCUT2D eigenvalue weighted by atomic mass is 35.5. The van der Waals surface area contributed by atoms with Gasteiger partial charge in [0.15, 0.2) is 0 Å². The van der Waals surface area contributed by atoms with Crippen LogP contribution in [0, 0.1) is 5.92 Å². The van der Waals surface area contributed by atoms with E-state index in [2.05, 4.69) is 0 Å². The Morgan fingerprint density at radius 2 is 2.00 bits per heavy atom. The average molecular weight is 333 g/mol. The normalized spacial score (nSPS) is 24.4. The van der Waals surface area contributed by atoms with Crippen molar-refractivity contribution >= 4 is 21.8 Å². The molecule has 0 aliphatic carbocycles. The Labute approximate surface area is 131 Å². The van der Waals surface area contributed by atoms with Gasteiger partial charge in [-0.2, -0.15) is 17.0 Å². The van der Waals surface area contributed by atoms with Gasteiger partial charge in [0, 0.05) is 31.7 Å². The molecular formula is C14H21ClN2O3S. The first kappa shape index (κ1) is 16.7. The van der Waals surface area contributed by atoms with Gasteiger partial charge in [0.1, 0.15) is 0 Å². The molecule has 1 aliphatic heterocycles. The zero-order chi connectivity index (χ0) is 15.6. The van der Waals surface area contributed by atoms with Crippen molar-refractivity contribution in [3.05, 3.63) is 34.9 Å². The fourth-order valence-corrected chi connectivity index (χ4v) is 3.86. The van der Waals surface area contributed by atoms with Crippen LogP contribution in [0.1, 0.15) is 18.9 Å². The number of benzene rings is 1. The van der Waals surface area contributed by atoms with E-state index in [9.17, 15) is 13.5 Å². The van der Waals surface area contributed by atoms with Crippen molar-refractivity contribution in [1.29, 1.82) is 0 Å². The Balaban J connectivity index is 2.06. The Kier molecular flexibility index (Phi) is 5.27. The van der Waals surface area contributed by atoms with Crippen LogP contribution in [-0.2, 0) is 16.8 Å². The molecule has 0 radical (unpaired) electrons. The third kappa shape index (κ3) is 3.96. The van der Waals surface area contributed by atoms with Crippen LogP contribution in [0.2, 0.25) is 5.02 Å². The summed E-state index contributed by atoms with van der Waals surface area (Å²) in [5, 5.41) is 10.5. The maximum atomic E-state index is 12.5. The summed E-state index contributed by atoms with van der Waals surface area (Å²) >= 11 is 5.82. The van der Waals surface area contributed by atoms with Gasteiger partial charge < -0.3 is 5.11 Å². The summed E-state index contributed by atoms with van der Waals surface area (Å²) in [5.41, 5.74) is 0.872. The summed E-state index contributed by atoms with van der Waals surface area (Å²) in [6, 6.07) is 7.09. The van der Waals surface area contributed by atoms with Crippen LogP contribution in [0.5, 0.6) is 0 Å². The molecule has 21 heavy (non-hydrogen) atoms. The first-order valence-electron chi connectivity index (χ1n) is 6.94. The summed E-state index contributed by atoms with van der Waals surface area (Å²) in [6.45, 7) is 2.83. The summed E-state index contributed by atoms with van der Waals surface area (Å²) < 4.78 is 27.7. The van der Waals surface area contributed by atoms with Gasteiger partial charge in [-0.05, 0) is 30.0 Å². The molecule has 1 aromatic rings. The monoisotopic (exact) mass is 332 g/mol. The van der Waals surface area contributed by atoms with Crippen LogP contribution in [-0.4, -0.2) is 48.4 Å². The minimum absolute atomic E-state index is 0.137. The lowest BCUT2D eigenvalue weighted by molar-refractivity contribution is 0.0584. The van der Waals surface area contributed by atoms with E-state index in [0.29, 0.717) is 18.0 Å². The van der Waals surface area contributed by atoms with E-state index in [-0.39, 0.29) is 19.0 Å². The predicted octanol–water partition coefficient (Wildman–Crippen LogP) is 1.72. The molecule has 118 valence electrons. The van der Waals surface area contributed by atoms with Gasteiger partial charge in [-0.25, -0.2) is 0 Å². The molecule has 2 rings (SSSR count). The molecule has 2 atom stereocenters. The van der Waals surface area contributed by atoms with Crippen molar-refractivity contribution in [3.63, 3.8) is 0 Å². The number of hydrogen-bond donors (Lipinski definition) is 1. The second-order valence-electron chi connectivity index (χ2n) is 5.58. The van der Waals surface area contributed by atoms with Crippen LogP contribution >= 0.6 is 11.6 Å². The van der Waals surface area contributed by atoms with Crippen LogP contribution in [0.4, 0.5) is 0 Å². The molecule has 0 spiro atoms. The second-order valence-corrected chi connectivity index (χ2v) is 8.05. The molecule has 1 heterocycles. The van der Waals surface area contributed by atoms with Crippen molar-refractivity contribution in [2.24, 2.45) is 5.92 Å². The van der Waals surface area contributed by atoms with E-state index in [0.717, 1.165) is 5.56 Å². The Hall–Kier alpha value is -0.660. The highest BCUT2D eigenvalue weighted by Crippen LogP contribution is 2.22. The van der Waals surface area contributed by atoms with E-state index in [1.807, 2.05) is 19.1 Å². The minimum Gasteiger partial charge on any atom is -0.391 e. The molecule has 1 aliphatic rings. The van der Waals surface area contributed by atoms with Crippen molar-refractivity contribution in [1.82, 2.24) is 8.61 Å². The zero-order valence-corrected chi connectivity index (χ0v) is 13.8. The van der Waals surface area contributed by atoms with E-state index in [4.69, 9.17) is 11.6 Å². The highest BCUT2D eigenvalue weighted by Gasteiger charge is 2.34. The Morgan fingerprint density at radius 3 is 2.57 bits per heavy atom. The van der Waals surface area contributed by atoms with Gasteiger partial charge in [0.2, 0.25) is 0 Å². The summed E-state index contributed by atoms with van der Waals surface area (Å²) in [6.07, 6.45) is 0.0762. The van der Waals surface area contributed by atoms with Crippen LogP contribution in [0.15, 0.2) is 24.3 Å². The second kappa shape index (κ2) is 6.62. The topological polar surface area (TPSA) is 60.9 Å². The third-order valence-electron chi connectivity index (χ3n) is 3.92. The van der Waals surface area contributed by atoms with E-state index < -0.39 is 16.3 Å². The predicted molar refractivity (Wildman–Crippen MR) is 83.2 cm³/mol. The Bertz CT molecular complexity index is 576. The molecule has 0 bridgehead atoms. The van der Waals surface area contributed by atoms with E-state index >= 15 is 0 Å². The molecule has 1 saturated heterocycles. The molecule has 5 nitrogen and oxygen atoms in total. The smallest absolute Gasteiger partial charge is 0.282 e. The first-order valence-corrected chi connectivity index (χ1v) is 8.72. The average Bonchev–Trinajstić information content (AvgIpc) is 2.44. The number of rotatable bonds is 4. The van der Waals surface area contributed by atoms with Crippen molar-refractivity contribution in [2.75, 3.05) is 20.1 Å². The maximum absolute atomic E-state index is 12.5. The van der Waals surface area contributed by atoms with Crippen molar-refractivity contribution in [3.8, 4) is 0 Å². The molecule has 0 saturated carbocycles. The summed E-state index contributed by atoms with van der Waals surface area (Å²) in [4.78, 5) is 0. The maximum Gasteiger partial charge on any atom is 0.282 e. The number of aliphatic hydroxyl groups is 1. The number of β-amino-alcohol motifs (C(OH)–C–C–N with tert-alkyl or cyclic N) is 1. The van der Waals surface area contributed by atoms with Gasteiger partial charge in [0.05, 0.1) is 6.10 Å². The van der Waals surface area contributed by atoms with E-state index in [1.165, 1.54) is 8.61 Å². The molecular weight excluding hydrogens is 312 g/mol. The molecule has 1 fully saturated rings. The minimum atomic E-state index is -3.55. The molecule has 1 aromatic carbocycles. The SMILES string of the molecule is CC1CCN(S(=O)(=O)N(C)Cc2ccc(Cl)cc2)CC1O. The molecule has 0 amide bonds. The lowest BCUT2D eigenvalue weighted by atomic mass is 9.98. The number of aliphatic hydroxyl groups excluding tert-OH is 1. The fraction of sp³-hybridized carbons (Fsp3) is 0.571. The van der Waals surface area contributed by atoms with Crippen molar-refractivity contribution in [2.45, 2.75) is 26.0 Å². The molecule has 2 unspecified atom stereocenters. The van der Waals surface area contributed by atoms with Crippen LogP contribution in [0.3, 0.4) is 0 Å². The molecule has 7 heteroatoms. The highest BCUT2D eigenvalue weighted by molar-refractivity contribution is 7.86. The van der Waals surface area contributed by atoms with Crippen LogP contribution < -0.4 is 0 Å². The third-order valence-corrected chi connectivity index (χ3v) is 6.07. The van der Waals surface area contributed by atoms with Crippen molar-refractivity contribution < 1.29 is 13.5 Å². The molecule has 0 aromatic heterocycles. The van der Waals surface area contributed by atoms with E-state index in [1.54, 1.807) is 19.2 Å². The van der Waals surface area contributed by atoms with Gasteiger partial charge in [-0.3, -0.25) is 0 Å². The summed E-state index contributed by atoms with van der Waals surface area (Å²) in [5.74, 6) is 0.137. The quantitative estimate of drug-likeness (QED) is 0.913.